The van der Waals surface area contributed by atoms with Crippen LogP contribution in [0.1, 0.15) is 22.1 Å². The van der Waals surface area contributed by atoms with E-state index in [1.165, 1.54) is 0 Å². The summed E-state index contributed by atoms with van der Waals surface area (Å²) >= 11 is 1.71. The monoisotopic (exact) mass is 467 g/mol. The third kappa shape index (κ3) is 4.00. The number of piperazine rings is 1. The van der Waals surface area contributed by atoms with Gasteiger partial charge in [-0.1, -0.05) is 66.7 Å². The number of ether oxygens (including phenoxy) is 1. The largest absolute Gasteiger partial charge is 0.457 e. The molecule has 1 aromatic heterocycles. The Morgan fingerprint density at radius 3 is 2.15 bits per heavy atom. The molecule has 5 nitrogen and oxygen atoms in total. The highest BCUT2D eigenvalue weighted by molar-refractivity contribution is 7.09. The quantitative estimate of drug-likeness (QED) is 0.404. The first-order valence-corrected chi connectivity index (χ1v) is 12.5. The number of hydrogen-bond donors (Lipinski definition) is 0. The van der Waals surface area contributed by atoms with Crippen LogP contribution in [0.5, 0.6) is 11.5 Å². The number of carbonyl (C=O) groups is 1. The van der Waals surface area contributed by atoms with Crippen molar-refractivity contribution in [3.63, 3.8) is 0 Å². The minimum atomic E-state index is -0.319. The molecule has 0 aliphatic carbocycles. The summed E-state index contributed by atoms with van der Waals surface area (Å²) in [7, 11) is 0. The smallest absolute Gasteiger partial charge is 0.234 e. The number of para-hydroxylation sites is 2. The van der Waals surface area contributed by atoms with Crippen LogP contribution in [0.4, 0.5) is 0 Å². The molecular formula is C28H25N3O2S. The normalized spacial score (nSPS) is 15.9. The van der Waals surface area contributed by atoms with Crippen molar-refractivity contribution in [3.05, 3.63) is 100 Å². The Labute approximate surface area is 203 Å². The second-order valence-corrected chi connectivity index (χ2v) is 9.65. The van der Waals surface area contributed by atoms with Crippen molar-refractivity contribution in [2.75, 3.05) is 26.2 Å². The van der Waals surface area contributed by atoms with Crippen LogP contribution in [0.25, 0.3) is 11.3 Å². The lowest BCUT2D eigenvalue weighted by Crippen LogP contribution is -2.49. The molecule has 6 heteroatoms. The minimum absolute atomic E-state index is 0.156. The Morgan fingerprint density at radius 1 is 0.853 bits per heavy atom. The number of thiazole rings is 1. The van der Waals surface area contributed by atoms with E-state index in [2.05, 4.69) is 22.4 Å². The molecule has 0 atom stereocenters. The van der Waals surface area contributed by atoms with E-state index in [0.717, 1.165) is 71.6 Å². The van der Waals surface area contributed by atoms with Crippen LogP contribution in [-0.4, -0.2) is 46.9 Å². The van der Waals surface area contributed by atoms with Crippen molar-refractivity contribution >= 4 is 17.2 Å². The zero-order chi connectivity index (χ0) is 22.9. The number of benzene rings is 3. The van der Waals surface area contributed by atoms with E-state index >= 15 is 0 Å². The van der Waals surface area contributed by atoms with Gasteiger partial charge in [-0.05, 0) is 12.1 Å². The van der Waals surface area contributed by atoms with Gasteiger partial charge in [0.25, 0.3) is 0 Å². The molecule has 0 radical (unpaired) electrons. The highest BCUT2D eigenvalue weighted by Gasteiger charge is 2.36. The maximum absolute atomic E-state index is 13.7. The summed E-state index contributed by atoms with van der Waals surface area (Å²) in [5.74, 6) is 1.39. The van der Waals surface area contributed by atoms with Gasteiger partial charge in [0, 0.05) is 48.2 Å². The van der Waals surface area contributed by atoms with Crippen LogP contribution < -0.4 is 4.74 Å². The Morgan fingerprint density at radius 2 is 1.47 bits per heavy atom. The minimum Gasteiger partial charge on any atom is -0.457 e. The van der Waals surface area contributed by atoms with Gasteiger partial charge >= 0.3 is 0 Å². The van der Waals surface area contributed by atoms with Crippen LogP contribution >= 0.6 is 11.3 Å². The zero-order valence-electron chi connectivity index (χ0n) is 18.8. The van der Waals surface area contributed by atoms with Gasteiger partial charge < -0.3 is 9.64 Å². The Hall–Kier alpha value is -3.48. The number of amides is 1. The maximum atomic E-state index is 13.7. The van der Waals surface area contributed by atoms with E-state index in [9.17, 15) is 4.79 Å². The average molecular weight is 468 g/mol. The summed E-state index contributed by atoms with van der Waals surface area (Å²) in [5, 5.41) is 3.25. The van der Waals surface area contributed by atoms with E-state index < -0.39 is 0 Å². The highest BCUT2D eigenvalue weighted by atomic mass is 32.1. The van der Waals surface area contributed by atoms with Crippen molar-refractivity contribution in [3.8, 4) is 22.8 Å². The van der Waals surface area contributed by atoms with E-state index in [1.807, 2.05) is 71.6 Å². The van der Waals surface area contributed by atoms with Gasteiger partial charge in [-0.2, -0.15) is 0 Å². The molecule has 170 valence electrons. The lowest BCUT2D eigenvalue weighted by molar-refractivity contribution is -0.133. The van der Waals surface area contributed by atoms with Gasteiger partial charge in [0.1, 0.15) is 16.5 Å². The summed E-state index contributed by atoms with van der Waals surface area (Å²) in [5.41, 5.74) is 4.08. The number of fused-ring (bicyclic) bond motifs is 2. The molecule has 3 aromatic carbocycles. The van der Waals surface area contributed by atoms with Gasteiger partial charge in [-0.3, -0.25) is 9.69 Å². The number of nitrogens with zero attached hydrogens (tertiary/aromatic N) is 3. The molecule has 0 bridgehead atoms. The van der Waals surface area contributed by atoms with E-state index in [0.29, 0.717) is 0 Å². The summed E-state index contributed by atoms with van der Waals surface area (Å²) < 4.78 is 6.08. The Bertz CT molecular complexity index is 1270. The van der Waals surface area contributed by atoms with Gasteiger partial charge in [-0.25, -0.2) is 4.98 Å². The number of carbonyl (C=O) groups excluding carboxylic acids is 1. The van der Waals surface area contributed by atoms with Crippen molar-refractivity contribution in [1.29, 1.82) is 0 Å². The molecule has 34 heavy (non-hydrogen) atoms. The predicted octanol–water partition coefficient (Wildman–Crippen LogP) is 5.39. The molecule has 0 saturated carbocycles. The van der Waals surface area contributed by atoms with Gasteiger partial charge in [0.15, 0.2) is 0 Å². The summed E-state index contributed by atoms with van der Waals surface area (Å²) in [6.45, 7) is 3.95. The molecule has 0 N–H and O–H groups in total. The average Bonchev–Trinajstić information content (AvgIpc) is 3.36. The third-order valence-electron chi connectivity index (χ3n) is 6.59. The summed E-state index contributed by atoms with van der Waals surface area (Å²) in [6.07, 6.45) is 0. The van der Waals surface area contributed by atoms with Gasteiger partial charge in [0.2, 0.25) is 5.91 Å². The first-order chi connectivity index (χ1) is 16.8. The van der Waals surface area contributed by atoms with E-state index in [4.69, 9.17) is 9.72 Å². The van der Waals surface area contributed by atoms with Gasteiger partial charge in [0.05, 0.1) is 18.2 Å². The molecule has 4 aromatic rings. The zero-order valence-corrected chi connectivity index (χ0v) is 19.6. The molecule has 2 aliphatic heterocycles. The van der Waals surface area contributed by atoms with E-state index in [-0.39, 0.29) is 11.8 Å². The molecule has 0 spiro atoms. The van der Waals surface area contributed by atoms with Crippen LogP contribution in [0.15, 0.2) is 84.2 Å². The Balaban J connectivity index is 1.14. The SMILES string of the molecule is O=C(C1c2ccccc2Oc2ccccc21)N1CCN(Cc2nc(-c3ccccc3)cs2)CC1. The topological polar surface area (TPSA) is 45.7 Å². The molecule has 1 saturated heterocycles. The third-order valence-corrected chi connectivity index (χ3v) is 7.42. The fourth-order valence-electron chi connectivity index (χ4n) is 4.80. The molecular weight excluding hydrogens is 442 g/mol. The van der Waals surface area contributed by atoms with Crippen molar-refractivity contribution < 1.29 is 9.53 Å². The summed E-state index contributed by atoms with van der Waals surface area (Å²) in [6, 6.07) is 26.1. The Kier molecular flexibility index (Phi) is 5.61. The molecule has 6 rings (SSSR count). The maximum Gasteiger partial charge on any atom is 0.234 e. The van der Waals surface area contributed by atoms with Crippen LogP contribution in [0.3, 0.4) is 0 Å². The standard InChI is InChI=1S/C28H25N3O2S/c32-28(27-21-10-4-6-12-24(21)33-25-13-7-5-11-22(25)27)31-16-14-30(15-17-31)18-26-29-23(19-34-26)20-8-2-1-3-9-20/h1-13,19,27H,14-18H2. The number of aromatic nitrogens is 1. The molecule has 0 unspecified atom stereocenters. The first-order valence-electron chi connectivity index (χ1n) is 11.6. The fraction of sp³-hybridized carbons (Fsp3) is 0.214. The highest BCUT2D eigenvalue weighted by Crippen LogP contribution is 2.44. The predicted molar refractivity (Wildman–Crippen MR) is 134 cm³/mol. The van der Waals surface area contributed by atoms with Crippen LogP contribution in [-0.2, 0) is 11.3 Å². The lowest BCUT2D eigenvalue weighted by Gasteiger charge is -2.37. The van der Waals surface area contributed by atoms with E-state index in [1.54, 1.807) is 11.3 Å². The molecule has 1 amide bonds. The molecule has 2 aliphatic rings. The molecule has 1 fully saturated rings. The first kappa shape index (κ1) is 21.1. The number of rotatable bonds is 4. The fourth-order valence-corrected chi connectivity index (χ4v) is 5.65. The van der Waals surface area contributed by atoms with Crippen LogP contribution in [0.2, 0.25) is 0 Å². The lowest BCUT2D eigenvalue weighted by atomic mass is 9.86. The summed E-state index contributed by atoms with van der Waals surface area (Å²) in [4.78, 5) is 23.0. The van der Waals surface area contributed by atoms with Crippen molar-refractivity contribution in [2.24, 2.45) is 0 Å². The number of hydrogen-bond acceptors (Lipinski definition) is 5. The van der Waals surface area contributed by atoms with Gasteiger partial charge in [-0.15, -0.1) is 11.3 Å². The van der Waals surface area contributed by atoms with Crippen LogP contribution in [0, 0.1) is 0 Å². The second-order valence-electron chi connectivity index (χ2n) is 8.70. The molecule has 3 heterocycles. The van der Waals surface area contributed by atoms with Crippen molar-refractivity contribution in [2.45, 2.75) is 12.5 Å². The second kappa shape index (κ2) is 9.05. The van der Waals surface area contributed by atoms with Crippen molar-refractivity contribution in [1.82, 2.24) is 14.8 Å².